The maximum absolute atomic E-state index is 4.63. The van der Waals surface area contributed by atoms with Gasteiger partial charge in [0.2, 0.25) is 0 Å². The fraction of sp³-hybridized carbons (Fsp3) is 0.917. The van der Waals surface area contributed by atoms with Gasteiger partial charge >= 0.3 is 0 Å². The van der Waals surface area contributed by atoms with Crippen LogP contribution in [0.3, 0.4) is 0 Å². The molecule has 0 amide bonds. The van der Waals surface area contributed by atoms with Gasteiger partial charge in [0, 0.05) is 19.0 Å². The smallest absolute Gasteiger partial charge is 0.0994 e. The van der Waals surface area contributed by atoms with Gasteiger partial charge in [-0.3, -0.25) is 4.99 Å². The van der Waals surface area contributed by atoms with E-state index in [1.54, 1.807) is 0 Å². The zero-order valence-corrected chi connectivity index (χ0v) is 9.10. The van der Waals surface area contributed by atoms with Crippen LogP contribution in [-0.2, 0) is 0 Å². The molecular formula is C12H22N2. The predicted molar refractivity (Wildman–Crippen MR) is 60.7 cm³/mol. The molecule has 2 aliphatic rings. The average Bonchev–Trinajstić information content (AvgIpc) is 2.18. The number of nitrogens with zero attached hydrogens (tertiary/aromatic N) is 1. The highest BCUT2D eigenvalue weighted by Crippen LogP contribution is 2.23. The fourth-order valence-corrected chi connectivity index (χ4v) is 2.55. The molecule has 2 nitrogen and oxygen atoms in total. The minimum absolute atomic E-state index is 0.760. The first kappa shape index (κ1) is 10.0. The van der Waals surface area contributed by atoms with Crippen molar-refractivity contribution in [2.45, 2.75) is 51.4 Å². The summed E-state index contributed by atoms with van der Waals surface area (Å²) in [7, 11) is 0. The number of hydrogen-bond donors (Lipinski definition) is 1. The van der Waals surface area contributed by atoms with Gasteiger partial charge in [0.15, 0.2) is 0 Å². The fourth-order valence-electron chi connectivity index (χ4n) is 2.55. The van der Waals surface area contributed by atoms with Crippen LogP contribution in [0.5, 0.6) is 0 Å². The Hall–Kier alpha value is -0.530. The van der Waals surface area contributed by atoms with Gasteiger partial charge in [0.25, 0.3) is 0 Å². The van der Waals surface area contributed by atoms with E-state index in [0.29, 0.717) is 0 Å². The molecule has 2 rings (SSSR count). The summed E-state index contributed by atoms with van der Waals surface area (Å²) in [6.45, 7) is 2.20. The highest BCUT2D eigenvalue weighted by molar-refractivity contribution is 5.85. The Morgan fingerprint density at radius 3 is 2.29 bits per heavy atom. The molecule has 0 aromatic carbocycles. The number of aliphatic imine (C=N–C) groups is 1. The maximum Gasteiger partial charge on any atom is 0.0994 e. The van der Waals surface area contributed by atoms with Crippen LogP contribution in [0.2, 0.25) is 0 Å². The molecule has 1 aliphatic heterocycles. The molecule has 0 aromatic rings. The van der Waals surface area contributed by atoms with Gasteiger partial charge in [-0.05, 0) is 19.3 Å². The van der Waals surface area contributed by atoms with Crippen LogP contribution in [0.4, 0.5) is 0 Å². The lowest BCUT2D eigenvalue weighted by molar-refractivity contribution is 0.441. The summed E-state index contributed by atoms with van der Waals surface area (Å²) in [6.07, 6.45) is 11.1. The summed E-state index contributed by atoms with van der Waals surface area (Å²) in [6, 6.07) is 0. The lowest BCUT2D eigenvalue weighted by atomic mass is 9.90. The van der Waals surface area contributed by atoms with E-state index in [-0.39, 0.29) is 0 Å². The van der Waals surface area contributed by atoms with Crippen molar-refractivity contribution in [1.82, 2.24) is 5.32 Å². The molecule has 1 heterocycles. The molecule has 0 spiro atoms. The first-order chi connectivity index (χ1) is 6.97. The zero-order valence-electron chi connectivity index (χ0n) is 9.10. The van der Waals surface area contributed by atoms with Crippen molar-refractivity contribution in [3.8, 4) is 0 Å². The molecule has 0 bridgehead atoms. The standard InChI is InChI=1S/C12H22N2/c1-2-4-7-11(8-5-3-1)12-13-9-6-10-14-12/h11H,1-10H2,(H,13,14). The molecule has 1 aliphatic carbocycles. The molecule has 2 heteroatoms. The zero-order chi connectivity index (χ0) is 9.64. The predicted octanol–water partition coefficient (Wildman–Crippen LogP) is 2.74. The Kier molecular flexibility index (Phi) is 3.84. The Labute approximate surface area is 87.2 Å². The summed E-state index contributed by atoms with van der Waals surface area (Å²) in [5, 5.41) is 3.49. The van der Waals surface area contributed by atoms with Gasteiger partial charge in [-0.15, -0.1) is 0 Å². The van der Waals surface area contributed by atoms with Crippen molar-refractivity contribution in [1.29, 1.82) is 0 Å². The van der Waals surface area contributed by atoms with Crippen molar-refractivity contribution >= 4 is 5.84 Å². The van der Waals surface area contributed by atoms with E-state index in [1.807, 2.05) is 0 Å². The van der Waals surface area contributed by atoms with E-state index in [2.05, 4.69) is 10.3 Å². The van der Waals surface area contributed by atoms with Crippen molar-refractivity contribution in [3.63, 3.8) is 0 Å². The molecular weight excluding hydrogens is 172 g/mol. The first-order valence-electron chi connectivity index (χ1n) is 6.25. The molecule has 0 saturated heterocycles. The van der Waals surface area contributed by atoms with Crippen molar-refractivity contribution in [2.75, 3.05) is 13.1 Å². The summed E-state index contributed by atoms with van der Waals surface area (Å²) in [5.41, 5.74) is 0. The average molecular weight is 194 g/mol. The second-order valence-electron chi connectivity index (χ2n) is 4.59. The third-order valence-electron chi connectivity index (χ3n) is 3.42. The lowest BCUT2D eigenvalue weighted by Gasteiger charge is -2.24. The number of hydrogen-bond acceptors (Lipinski definition) is 2. The normalized spacial score (nSPS) is 25.9. The highest BCUT2D eigenvalue weighted by Gasteiger charge is 2.18. The van der Waals surface area contributed by atoms with Crippen LogP contribution >= 0.6 is 0 Å². The van der Waals surface area contributed by atoms with Crippen molar-refractivity contribution in [2.24, 2.45) is 10.9 Å². The van der Waals surface area contributed by atoms with E-state index in [4.69, 9.17) is 0 Å². The largest absolute Gasteiger partial charge is 0.374 e. The summed E-state index contributed by atoms with van der Waals surface area (Å²) >= 11 is 0. The third kappa shape index (κ3) is 2.73. The van der Waals surface area contributed by atoms with Gasteiger partial charge < -0.3 is 5.32 Å². The molecule has 80 valence electrons. The highest BCUT2D eigenvalue weighted by atomic mass is 15.0. The second kappa shape index (κ2) is 5.38. The van der Waals surface area contributed by atoms with Crippen molar-refractivity contribution < 1.29 is 0 Å². The quantitative estimate of drug-likeness (QED) is 0.682. The molecule has 0 atom stereocenters. The van der Waals surface area contributed by atoms with Crippen LogP contribution in [0, 0.1) is 5.92 Å². The van der Waals surface area contributed by atoms with E-state index < -0.39 is 0 Å². The molecule has 14 heavy (non-hydrogen) atoms. The van der Waals surface area contributed by atoms with Gasteiger partial charge in [-0.1, -0.05) is 32.1 Å². The molecule has 1 N–H and O–H groups in total. The number of amidine groups is 1. The van der Waals surface area contributed by atoms with Crippen LogP contribution < -0.4 is 5.32 Å². The van der Waals surface area contributed by atoms with E-state index in [9.17, 15) is 0 Å². The summed E-state index contributed by atoms with van der Waals surface area (Å²) in [5.74, 6) is 2.09. The number of rotatable bonds is 1. The van der Waals surface area contributed by atoms with Gasteiger partial charge in [-0.25, -0.2) is 0 Å². The monoisotopic (exact) mass is 194 g/mol. The molecule has 0 unspecified atom stereocenters. The van der Waals surface area contributed by atoms with E-state index in [1.165, 1.54) is 57.2 Å². The molecule has 0 radical (unpaired) electrons. The minimum Gasteiger partial charge on any atom is -0.374 e. The maximum atomic E-state index is 4.63. The van der Waals surface area contributed by atoms with E-state index in [0.717, 1.165) is 19.0 Å². The van der Waals surface area contributed by atoms with Crippen LogP contribution in [0.15, 0.2) is 4.99 Å². The van der Waals surface area contributed by atoms with Crippen molar-refractivity contribution in [3.05, 3.63) is 0 Å². The molecule has 0 aromatic heterocycles. The molecule has 1 fully saturated rings. The van der Waals surface area contributed by atoms with Gasteiger partial charge in [-0.2, -0.15) is 0 Å². The Bertz CT molecular complexity index is 190. The summed E-state index contributed by atoms with van der Waals surface area (Å²) in [4.78, 5) is 4.63. The molecule has 1 saturated carbocycles. The Balaban J connectivity index is 1.89. The van der Waals surface area contributed by atoms with E-state index >= 15 is 0 Å². The summed E-state index contributed by atoms with van der Waals surface area (Å²) < 4.78 is 0. The SMILES string of the molecule is C1CCCC(C2=NCCCN2)CCC1. The van der Waals surface area contributed by atoms with Gasteiger partial charge in [0.05, 0.1) is 5.84 Å². The Morgan fingerprint density at radius 2 is 1.64 bits per heavy atom. The second-order valence-corrected chi connectivity index (χ2v) is 4.59. The van der Waals surface area contributed by atoms with Crippen LogP contribution in [0.1, 0.15) is 51.4 Å². The van der Waals surface area contributed by atoms with Crippen LogP contribution in [-0.4, -0.2) is 18.9 Å². The first-order valence-corrected chi connectivity index (χ1v) is 6.25. The minimum atomic E-state index is 0.760. The Morgan fingerprint density at radius 1 is 0.929 bits per heavy atom. The third-order valence-corrected chi connectivity index (χ3v) is 3.42. The van der Waals surface area contributed by atoms with Gasteiger partial charge in [0.1, 0.15) is 0 Å². The number of nitrogens with one attached hydrogen (secondary N) is 1. The van der Waals surface area contributed by atoms with Crippen LogP contribution in [0.25, 0.3) is 0 Å². The lowest BCUT2D eigenvalue weighted by Crippen LogP contribution is -2.35. The topological polar surface area (TPSA) is 24.4 Å².